The minimum absolute atomic E-state index is 0. The maximum Gasteiger partial charge on any atom is 0.191 e. The van der Waals surface area contributed by atoms with E-state index in [-0.39, 0.29) is 24.0 Å². The molecule has 1 fully saturated rings. The van der Waals surface area contributed by atoms with Gasteiger partial charge >= 0.3 is 0 Å². The molecule has 8 heteroatoms. The van der Waals surface area contributed by atoms with E-state index in [2.05, 4.69) is 51.4 Å². The Labute approximate surface area is 206 Å². The molecule has 1 aliphatic rings. The normalized spacial score (nSPS) is 16.8. The number of methoxy groups -OCH3 is 2. The van der Waals surface area contributed by atoms with E-state index in [9.17, 15) is 0 Å². The number of hydrogen-bond donors (Lipinski definition) is 2. The number of likely N-dealkylation sites (tertiary alicyclic amines) is 1. The molecule has 1 saturated heterocycles. The van der Waals surface area contributed by atoms with E-state index in [4.69, 9.17) is 9.47 Å². The van der Waals surface area contributed by atoms with Crippen molar-refractivity contribution in [3.63, 3.8) is 0 Å². The van der Waals surface area contributed by atoms with Gasteiger partial charge in [-0.15, -0.1) is 24.0 Å². The lowest BCUT2D eigenvalue weighted by Crippen LogP contribution is -2.44. The number of hydrogen-bond acceptors (Lipinski definition) is 5. The summed E-state index contributed by atoms with van der Waals surface area (Å²) in [6, 6.07) is 6.50. The Kier molecular flexibility index (Phi) is 13.9. The first-order valence-corrected chi connectivity index (χ1v) is 11.3. The van der Waals surface area contributed by atoms with Crippen molar-refractivity contribution in [2.24, 2.45) is 4.99 Å². The molecule has 178 valence electrons. The molecule has 1 heterocycles. The van der Waals surface area contributed by atoms with Gasteiger partial charge in [0.05, 0.1) is 14.2 Å². The fraction of sp³-hybridized carbons (Fsp3) is 0.696. The number of ether oxygens (including phenoxy) is 2. The number of unbranched alkanes of at least 4 members (excludes halogenated alkanes) is 1. The molecule has 31 heavy (non-hydrogen) atoms. The largest absolute Gasteiger partial charge is 0.497 e. The van der Waals surface area contributed by atoms with Gasteiger partial charge < -0.3 is 25.0 Å². The van der Waals surface area contributed by atoms with Gasteiger partial charge in [0.25, 0.3) is 0 Å². The highest BCUT2D eigenvalue weighted by Gasteiger charge is 2.23. The number of halogens is 1. The summed E-state index contributed by atoms with van der Waals surface area (Å²) >= 11 is 0. The molecule has 0 bridgehead atoms. The summed E-state index contributed by atoms with van der Waals surface area (Å²) in [6.07, 6.45) is 3.49. The number of nitrogens with one attached hydrogen (secondary N) is 2. The second kappa shape index (κ2) is 15.5. The molecule has 1 aliphatic heterocycles. The lowest BCUT2D eigenvalue weighted by atomic mass is 10.2. The third-order valence-corrected chi connectivity index (χ3v) is 5.74. The molecule has 1 aromatic rings. The second-order valence-corrected chi connectivity index (χ2v) is 7.82. The van der Waals surface area contributed by atoms with Gasteiger partial charge in [0.15, 0.2) is 5.96 Å². The quantitative estimate of drug-likeness (QED) is 0.182. The summed E-state index contributed by atoms with van der Waals surface area (Å²) in [5.74, 6) is 2.58. The van der Waals surface area contributed by atoms with Gasteiger partial charge in [-0.3, -0.25) is 9.89 Å². The van der Waals surface area contributed by atoms with Gasteiger partial charge in [-0.05, 0) is 56.6 Å². The highest BCUT2D eigenvalue weighted by Crippen LogP contribution is 2.24. The molecule has 1 atom stereocenters. The number of benzene rings is 1. The standard InChI is InChI=1S/C23H41N5O2.HI/c1-6-27(7-2)12-9-8-11-25-23(24-3)26-20-10-13-28(18-20)17-19-14-21(29-4)16-22(15-19)30-5;/h14-16,20H,6-13,17-18H2,1-5H3,(H2,24,25,26);1H. The van der Waals surface area contributed by atoms with Crippen molar-refractivity contribution in [2.75, 3.05) is 60.5 Å². The number of aliphatic imine (C=N–C) groups is 1. The van der Waals surface area contributed by atoms with Crippen LogP contribution in [0.3, 0.4) is 0 Å². The fourth-order valence-corrected chi connectivity index (χ4v) is 3.90. The first-order chi connectivity index (χ1) is 14.6. The predicted octanol–water partition coefficient (Wildman–Crippen LogP) is 3.18. The molecule has 0 aromatic heterocycles. The zero-order chi connectivity index (χ0) is 21.8. The Hall–Kier alpha value is -1.26. The van der Waals surface area contributed by atoms with Crippen molar-refractivity contribution < 1.29 is 9.47 Å². The van der Waals surface area contributed by atoms with Crippen molar-refractivity contribution in [3.05, 3.63) is 23.8 Å². The maximum atomic E-state index is 5.39. The van der Waals surface area contributed by atoms with E-state index in [0.717, 1.165) is 69.6 Å². The smallest absolute Gasteiger partial charge is 0.191 e. The Morgan fingerprint density at radius 1 is 1.13 bits per heavy atom. The lowest BCUT2D eigenvalue weighted by molar-refractivity contribution is 0.297. The van der Waals surface area contributed by atoms with Gasteiger partial charge in [0, 0.05) is 45.3 Å². The van der Waals surface area contributed by atoms with Crippen molar-refractivity contribution in [1.82, 2.24) is 20.4 Å². The Bertz CT molecular complexity index is 633. The minimum atomic E-state index is 0. The van der Waals surface area contributed by atoms with Crippen LogP contribution in [0.1, 0.15) is 38.7 Å². The first kappa shape index (κ1) is 27.8. The highest BCUT2D eigenvalue weighted by molar-refractivity contribution is 14.0. The molecule has 0 amide bonds. The number of nitrogens with zero attached hydrogens (tertiary/aromatic N) is 3. The van der Waals surface area contributed by atoms with Crippen molar-refractivity contribution >= 4 is 29.9 Å². The van der Waals surface area contributed by atoms with Crippen LogP contribution in [0, 0.1) is 0 Å². The van der Waals surface area contributed by atoms with E-state index in [1.165, 1.54) is 18.5 Å². The van der Waals surface area contributed by atoms with Crippen molar-refractivity contribution in [1.29, 1.82) is 0 Å². The van der Waals surface area contributed by atoms with Crippen LogP contribution < -0.4 is 20.1 Å². The summed E-state index contributed by atoms with van der Waals surface area (Å²) in [5, 5.41) is 7.06. The third-order valence-electron chi connectivity index (χ3n) is 5.74. The van der Waals surface area contributed by atoms with Crippen LogP contribution in [-0.2, 0) is 6.54 Å². The van der Waals surface area contributed by atoms with Crippen LogP contribution in [0.25, 0.3) is 0 Å². The Balaban J connectivity index is 0.00000480. The lowest BCUT2D eigenvalue weighted by Gasteiger charge is -2.20. The van der Waals surface area contributed by atoms with Gasteiger partial charge in [-0.1, -0.05) is 13.8 Å². The minimum Gasteiger partial charge on any atom is -0.497 e. The van der Waals surface area contributed by atoms with Gasteiger partial charge in [0.2, 0.25) is 0 Å². The van der Waals surface area contributed by atoms with Gasteiger partial charge in [0.1, 0.15) is 11.5 Å². The molecular formula is C23H42IN5O2. The summed E-state index contributed by atoms with van der Waals surface area (Å²) < 4.78 is 10.8. The summed E-state index contributed by atoms with van der Waals surface area (Å²) in [7, 11) is 5.23. The van der Waals surface area contributed by atoms with Crippen LogP contribution in [-0.4, -0.2) is 82.3 Å². The summed E-state index contributed by atoms with van der Waals surface area (Å²) in [4.78, 5) is 9.34. The van der Waals surface area contributed by atoms with Crippen molar-refractivity contribution in [3.8, 4) is 11.5 Å². The van der Waals surface area contributed by atoms with Crippen LogP contribution in [0.15, 0.2) is 23.2 Å². The zero-order valence-electron chi connectivity index (χ0n) is 19.9. The highest BCUT2D eigenvalue weighted by atomic mass is 127. The second-order valence-electron chi connectivity index (χ2n) is 7.82. The molecular weight excluding hydrogens is 505 g/mol. The van der Waals surface area contributed by atoms with Crippen molar-refractivity contribution in [2.45, 2.75) is 45.7 Å². The molecule has 1 unspecified atom stereocenters. The topological polar surface area (TPSA) is 61.4 Å². The maximum absolute atomic E-state index is 5.39. The molecule has 7 nitrogen and oxygen atoms in total. The van der Waals surface area contributed by atoms with E-state index < -0.39 is 0 Å². The van der Waals surface area contributed by atoms with Crippen LogP contribution in [0.4, 0.5) is 0 Å². The average molecular weight is 548 g/mol. The third kappa shape index (κ3) is 9.82. The molecule has 0 aliphatic carbocycles. The van der Waals surface area contributed by atoms with E-state index in [1.54, 1.807) is 14.2 Å². The van der Waals surface area contributed by atoms with Crippen LogP contribution in [0.2, 0.25) is 0 Å². The summed E-state index contributed by atoms with van der Waals surface area (Å²) in [5.41, 5.74) is 1.21. The molecule has 1 aromatic carbocycles. The Morgan fingerprint density at radius 3 is 2.39 bits per heavy atom. The van der Waals surface area contributed by atoms with Crippen LogP contribution in [0.5, 0.6) is 11.5 Å². The number of rotatable bonds is 12. The van der Waals surface area contributed by atoms with Gasteiger partial charge in [-0.25, -0.2) is 0 Å². The molecule has 0 spiro atoms. The molecule has 2 N–H and O–H groups in total. The Morgan fingerprint density at radius 2 is 1.81 bits per heavy atom. The number of guanidine groups is 1. The van der Waals surface area contributed by atoms with Gasteiger partial charge in [-0.2, -0.15) is 0 Å². The van der Waals surface area contributed by atoms with E-state index in [1.807, 2.05) is 13.1 Å². The predicted molar refractivity (Wildman–Crippen MR) is 140 cm³/mol. The summed E-state index contributed by atoms with van der Waals surface area (Å²) in [6.45, 7) is 11.8. The zero-order valence-corrected chi connectivity index (χ0v) is 22.3. The van der Waals surface area contributed by atoms with E-state index >= 15 is 0 Å². The molecule has 0 saturated carbocycles. The molecule has 2 rings (SSSR count). The monoisotopic (exact) mass is 547 g/mol. The SMILES string of the molecule is CCN(CC)CCCCNC(=NC)NC1CCN(Cc2cc(OC)cc(OC)c2)C1.I. The fourth-order valence-electron chi connectivity index (χ4n) is 3.90. The van der Waals surface area contributed by atoms with E-state index in [0.29, 0.717) is 6.04 Å². The first-order valence-electron chi connectivity index (χ1n) is 11.3. The molecule has 0 radical (unpaired) electrons. The average Bonchev–Trinajstić information content (AvgIpc) is 3.21. The van der Waals surface area contributed by atoms with Crippen LogP contribution >= 0.6 is 24.0 Å².